The number of aliphatic carboxylic acids is 2. The fourth-order valence-corrected chi connectivity index (χ4v) is 2.96. The third-order valence-corrected chi connectivity index (χ3v) is 4.25. The molecule has 0 aliphatic carbocycles. The average Bonchev–Trinajstić information content (AvgIpc) is 2.50. The summed E-state index contributed by atoms with van der Waals surface area (Å²) in [5.74, 6) is -1.63. The average molecular weight is 344 g/mol. The van der Waals surface area contributed by atoms with E-state index in [1.165, 1.54) is 0 Å². The first kappa shape index (κ1) is 22.6. The number of nitrogens with zero attached hydrogens (tertiary/aromatic N) is 1. The molecular formula is C18H34NO5+. The Labute approximate surface area is 145 Å². The smallest absolute Gasteiger partial charge is 0.303 e. The summed E-state index contributed by atoms with van der Waals surface area (Å²) in [5, 5.41) is 27.1. The van der Waals surface area contributed by atoms with E-state index in [2.05, 4.69) is 19.1 Å². The van der Waals surface area contributed by atoms with Crippen LogP contribution in [0.5, 0.6) is 0 Å². The van der Waals surface area contributed by atoms with E-state index in [0.717, 1.165) is 32.2 Å². The zero-order chi connectivity index (χ0) is 18.3. The van der Waals surface area contributed by atoms with Crippen molar-refractivity contribution in [2.45, 2.75) is 58.3 Å². The van der Waals surface area contributed by atoms with Crippen molar-refractivity contribution >= 4 is 11.9 Å². The molecule has 0 saturated carbocycles. The number of quaternary nitrogens is 1. The molecular weight excluding hydrogens is 310 g/mol. The molecule has 0 atom stereocenters. The number of rotatable bonds is 16. The Morgan fingerprint density at radius 1 is 0.833 bits per heavy atom. The normalized spacial score (nSPS) is 11.9. The van der Waals surface area contributed by atoms with Crippen LogP contribution in [0, 0.1) is 0 Å². The molecule has 0 radical (unpaired) electrons. The molecule has 0 bridgehead atoms. The van der Waals surface area contributed by atoms with E-state index < -0.39 is 11.9 Å². The van der Waals surface area contributed by atoms with Gasteiger partial charge < -0.3 is 19.8 Å². The molecule has 0 rings (SSSR count). The molecule has 0 saturated heterocycles. The van der Waals surface area contributed by atoms with E-state index in [4.69, 9.17) is 10.2 Å². The van der Waals surface area contributed by atoms with Gasteiger partial charge in [0.15, 0.2) is 0 Å². The third kappa shape index (κ3) is 12.1. The molecule has 24 heavy (non-hydrogen) atoms. The minimum absolute atomic E-state index is 0.0335. The van der Waals surface area contributed by atoms with Crippen molar-refractivity contribution in [3.05, 3.63) is 12.2 Å². The molecule has 0 aliphatic heterocycles. The van der Waals surface area contributed by atoms with Gasteiger partial charge >= 0.3 is 11.9 Å². The number of carboxylic acids is 2. The summed E-state index contributed by atoms with van der Waals surface area (Å²) in [4.78, 5) is 21.5. The summed E-state index contributed by atoms with van der Waals surface area (Å²) in [7, 11) is 0. The Morgan fingerprint density at radius 2 is 1.33 bits per heavy atom. The monoisotopic (exact) mass is 344 g/mol. The van der Waals surface area contributed by atoms with Crippen LogP contribution in [0.25, 0.3) is 0 Å². The maximum Gasteiger partial charge on any atom is 0.303 e. The molecule has 140 valence electrons. The topological polar surface area (TPSA) is 94.8 Å². The van der Waals surface area contributed by atoms with Gasteiger partial charge in [0.25, 0.3) is 0 Å². The number of aliphatic hydroxyl groups excluding tert-OH is 1. The molecule has 3 N–H and O–H groups in total. The number of hydrogen-bond donors (Lipinski definition) is 3. The number of carboxylic acid groups (broad SMARTS) is 2. The summed E-state index contributed by atoms with van der Waals surface area (Å²) in [6.07, 6.45) is 9.80. The minimum Gasteiger partial charge on any atom is -0.481 e. The van der Waals surface area contributed by atoms with E-state index in [1.54, 1.807) is 0 Å². The molecule has 0 heterocycles. The zero-order valence-corrected chi connectivity index (χ0v) is 15.0. The number of aliphatic hydroxyl groups is 1. The molecule has 0 aromatic heterocycles. The van der Waals surface area contributed by atoms with Crippen molar-refractivity contribution in [1.82, 2.24) is 0 Å². The number of unbranched alkanes of at least 4 members (excludes halogenated alkanes) is 2. The van der Waals surface area contributed by atoms with Crippen molar-refractivity contribution in [2.75, 3.05) is 32.8 Å². The molecule has 6 nitrogen and oxygen atoms in total. The first-order chi connectivity index (χ1) is 11.5. The quantitative estimate of drug-likeness (QED) is 0.227. The Morgan fingerprint density at radius 3 is 1.79 bits per heavy atom. The predicted octanol–water partition coefficient (Wildman–Crippen LogP) is 2.66. The second kappa shape index (κ2) is 14.0. The second-order valence-electron chi connectivity index (χ2n) is 6.36. The molecule has 0 unspecified atom stereocenters. The van der Waals surface area contributed by atoms with E-state index in [0.29, 0.717) is 37.0 Å². The van der Waals surface area contributed by atoms with Gasteiger partial charge in [-0.3, -0.25) is 9.59 Å². The Balaban J connectivity index is 4.63. The number of carbonyl (C=O) groups is 2. The van der Waals surface area contributed by atoms with Crippen LogP contribution < -0.4 is 0 Å². The highest BCUT2D eigenvalue weighted by atomic mass is 16.4. The largest absolute Gasteiger partial charge is 0.481 e. The van der Waals surface area contributed by atoms with Crippen molar-refractivity contribution in [1.29, 1.82) is 0 Å². The number of allylic oxidation sites excluding steroid dienone is 2. The molecule has 0 fully saturated rings. The van der Waals surface area contributed by atoms with Gasteiger partial charge in [-0.1, -0.05) is 25.5 Å². The first-order valence-corrected chi connectivity index (χ1v) is 9.00. The van der Waals surface area contributed by atoms with Gasteiger partial charge in [0.2, 0.25) is 0 Å². The van der Waals surface area contributed by atoms with Gasteiger partial charge in [0.05, 0.1) is 39.1 Å². The molecule has 0 spiro atoms. The van der Waals surface area contributed by atoms with Crippen LogP contribution in [0.15, 0.2) is 12.2 Å². The van der Waals surface area contributed by atoms with Gasteiger partial charge in [-0.05, 0) is 12.8 Å². The molecule has 0 aromatic rings. The van der Waals surface area contributed by atoms with E-state index in [-0.39, 0.29) is 19.4 Å². The highest BCUT2D eigenvalue weighted by Crippen LogP contribution is 2.15. The van der Waals surface area contributed by atoms with Crippen LogP contribution in [-0.4, -0.2) is 64.5 Å². The van der Waals surface area contributed by atoms with Gasteiger partial charge in [-0.15, -0.1) is 0 Å². The summed E-state index contributed by atoms with van der Waals surface area (Å²) in [5.41, 5.74) is 0. The fraction of sp³-hybridized carbons (Fsp3) is 0.778. The van der Waals surface area contributed by atoms with Crippen LogP contribution >= 0.6 is 0 Å². The molecule has 6 heteroatoms. The van der Waals surface area contributed by atoms with Crippen LogP contribution in [-0.2, 0) is 9.59 Å². The fourth-order valence-electron chi connectivity index (χ4n) is 2.96. The van der Waals surface area contributed by atoms with Crippen LogP contribution in [0.2, 0.25) is 0 Å². The second-order valence-corrected chi connectivity index (χ2v) is 6.36. The van der Waals surface area contributed by atoms with Crippen molar-refractivity contribution < 1.29 is 29.4 Å². The first-order valence-electron chi connectivity index (χ1n) is 9.00. The summed E-state index contributed by atoms with van der Waals surface area (Å²) >= 11 is 0. The van der Waals surface area contributed by atoms with Gasteiger partial charge in [-0.2, -0.15) is 0 Å². The maximum absolute atomic E-state index is 10.8. The van der Waals surface area contributed by atoms with E-state index >= 15 is 0 Å². The minimum atomic E-state index is -0.815. The third-order valence-electron chi connectivity index (χ3n) is 4.25. The standard InChI is InChI=1S/C18H33NO5/c1-2-3-4-5-6-7-12-19(15-16-20,13-8-10-17(21)22)14-9-11-18(23)24/h4-5,20H,2-3,6-16H2,1H3,(H-,21,22,23,24)/p+1/b5-4+. The zero-order valence-electron chi connectivity index (χ0n) is 15.0. The van der Waals surface area contributed by atoms with Crippen LogP contribution in [0.3, 0.4) is 0 Å². The highest BCUT2D eigenvalue weighted by Gasteiger charge is 2.26. The van der Waals surface area contributed by atoms with E-state index in [1.807, 2.05) is 0 Å². The molecule has 0 aromatic carbocycles. The van der Waals surface area contributed by atoms with Crippen LogP contribution in [0.4, 0.5) is 0 Å². The van der Waals surface area contributed by atoms with Crippen molar-refractivity contribution in [2.24, 2.45) is 0 Å². The van der Waals surface area contributed by atoms with Crippen LogP contribution in [0.1, 0.15) is 58.3 Å². The summed E-state index contributed by atoms with van der Waals surface area (Å²) in [6.45, 7) is 4.91. The summed E-state index contributed by atoms with van der Waals surface area (Å²) in [6, 6.07) is 0. The molecule has 0 amide bonds. The van der Waals surface area contributed by atoms with Crippen molar-refractivity contribution in [3.63, 3.8) is 0 Å². The molecule has 0 aliphatic rings. The lowest BCUT2D eigenvalue weighted by Gasteiger charge is -2.38. The van der Waals surface area contributed by atoms with E-state index in [9.17, 15) is 14.7 Å². The lowest BCUT2D eigenvalue weighted by atomic mass is 10.1. The summed E-state index contributed by atoms with van der Waals surface area (Å²) < 4.78 is 0.610. The Kier molecular flexibility index (Phi) is 13.2. The lowest BCUT2D eigenvalue weighted by Crippen LogP contribution is -2.52. The van der Waals surface area contributed by atoms with Gasteiger partial charge in [0.1, 0.15) is 6.54 Å². The van der Waals surface area contributed by atoms with Crippen molar-refractivity contribution in [3.8, 4) is 0 Å². The predicted molar refractivity (Wildman–Crippen MR) is 93.8 cm³/mol. The Bertz CT molecular complexity index is 362. The Hall–Kier alpha value is -1.40. The highest BCUT2D eigenvalue weighted by molar-refractivity contribution is 5.66. The lowest BCUT2D eigenvalue weighted by molar-refractivity contribution is -0.929. The van der Waals surface area contributed by atoms with Gasteiger partial charge in [0, 0.05) is 19.3 Å². The SMILES string of the molecule is CCC/C=C/CCC[N+](CCO)(CCCC(=O)O)CCCC(=O)O. The maximum atomic E-state index is 10.8. The number of hydrogen-bond acceptors (Lipinski definition) is 3. The van der Waals surface area contributed by atoms with Gasteiger partial charge in [-0.25, -0.2) is 0 Å².